The Balaban J connectivity index is 1.40. The lowest BCUT2D eigenvalue weighted by atomic mass is 10.0. The molecule has 2 fully saturated rings. The number of hydrogen-bond acceptors (Lipinski definition) is 5. The van der Waals surface area contributed by atoms with Gasteiger partial charge in [0.05, 0.1) is 19.8 Å². The lowest BCUT2D eigenvalue weighted by molar-refractivity contribution is -0.117. The van der Waals surface area contributed by atoms with Gasteiger partial charge in [-0.25, -0.2) is 4.79 Å². The van der Waals surface area contributed by atoms with E-state index in [9.17, 15) is 9.59 Å². The van der Waals surface area contributed by atoms with Crippen molar-refractivity contribution in [2.45, 2.75) is 33.2 Å². The smallest absolute Gasteiger partial charge is 0.317 e. The monoisotopic (exact) mass is 445 g/mol. The lowest BCUT2D eigenvalue weighted by Gasteiger charge is -2.38. The summed E-state index contributed by atoms with van der Waals surface area (Å²) in [6.45, 7) is 13.5. The Hall–Kier alpha value is -2.16. The first-order chi connectivity index (χ1) is 15.5. The van der Waals surface area contributed by atoms with Crippen LogP contribution in [0.2, 0.25) is 0 Å². The predicted molar refractivity (Wildman–Crippen MR) is 127 cm³/mol. The Morgan fingerprint density at radius 2 is 1.72 bits per heavy atom. The molecule has 0 spiro atoms. The zero-order valence-electron chi connectivity index (χ0n) is 19.8. The fourth-order valence-electron chi connectivity index (χ4n) is 4.45. The standard InChI is InChI=1S/C24H39N5O3/c1-4-20-7-5-6-8-21(20)26-23(30)18-27-9-11-29(12-10-27)24(31)25-17-22(19(2)3)28-13-15-32-16-14-28/h5-8,19,22H,4,9-18H2,1-3H3,(H,25,31)(H,26,30). The van der Waals surface area contributed by atoms with Crippen LogP contribution in [0.15, 0.2) is 24.3 Å². The first-order valence-electron chi connectivity index (χ1n) is 11.9. The Morgan fingerprint density at radius 3 is 2.38 bits per heavy atom. The molecule has 1 aromatic rings. The van der Waals surface area contributed by atoms with Gasteiger partial charge in [0.25, 0.3) is 0 Å². The van der Waals surface area contributed by atoms with Crippen molar-refractivity contribution in [1.29, 1.82) is 0 Å². The molecule has 2 saturated heterocycles. The predicted octanol–water partition coefficient (Wildman–Crippen LogP) is 1.87. The molecule has 2 aliphatic rings. The largest absolute Gasteiger partial charge is 0.379 e. The van der Waals surface area contributed by atoms with E-state index < -0.39 is 0 Å². The minimum absolute atomic E-state index is 0.00547. The van der Waals surface area contributed by atoms with E-state index in [1.54, 1.807) is 0 Å². The molecule has 178 valence electrons. The van der Waals surface area contributed by atoms with Gasteiger partial charge in [0.1, 0.15) is 0 Å². The number of hydrogen-bond donors (Lipinski definition) is 2. The SMILES string of the molecule is CCc1ccccc1NC(=O)CN1CCN(C(=O)NCC(C(C)C)N2CCOCC2)CC1. The summed E-state index contributed by atoms with van der Waals surface area (Å²) in [5.74, 6) is 0.454. The average molecular weight is 446 g/mol. The summed E-state index contributed by atoms with van der Waals surface area (Å²) in [5.41, 5.74) is 2.03. The van der Waals surface area contributed by atoms with Gasteiger partial charge in [-0.3, -0.25) is 14.6 Å². The minimum Gasteiger partial charge on any atom is -0.379 e. The van der Waals surface area contributed by atoms with Crippen molar-refractivity contribution >= 4 is 17.6 Å². The van der Waals surface area contributed by atoms with Crippen molar-refractivity contribution in [2.24, 2.45) is 5.92 Å². The van der Waals surface area contributed by atoms with E-state index in [1.165, 1.54) is 0 Å². The normalized spacial score (nSPS) is 19.1. The third-order valence-electron chi connectivity index (χ3n) is 6.45. The van der Waals surface area contributed by atoms with E-state index in [2.05, 4.69) is 41.2 Å². The number of anilines is 1. The topological polar surface area (TPSA) is 77.2 Å². The highest BCUT2D eigenvalue weighted by Gasteiger charge is 2.26. The highest BCUT2D eigenvalue weighted by atomic mass is 16.5. The maximum Gasteiger partial charge on any atom is 0.317 e. The first-order valence-corrected chi connectivity index (χ1v) is 11.9. The van der Waals surface area contributed by atoms with E-state index in [4.69, 9.17) is 4.74 Å². The molecule has 2 aliphatic heterocycles. The van der Waals surface area contributed by atoms with Gasteiger partial charge in [0, 0.05) is 57.5 Å². The fraction of sp³-hybridized carbons (Fsp3) is 0.667. The Bertz CT molecular complexity index is 743. The molecule has 0 saturated carbocycles. The Morgan fingerprint density at radius 1 is 1.03 bits per heavy atom. The van der Waals surface area contributed by atoms with E-state index in [0.717, 1.165) is 44.0 Å². The Labute approximate surface area is 192 Å². The van der Waals surface area contributed by atoms with Crippen LogP contribution in [0.5, 0.6) is 0 Å². The van der Waals surface area contributed by atoms with Crippen molar-refractivity contribution in [3.63, 3.8) is 0 Å². The number of benzene rings is 1. The number of para-hydroxylation sites is 1. The quantitative estimate of drug-likeness (QED) is 0.639. The fourth-order valence-corrected chi connectivity index (χ4v) is 4.45. The number of carbonyl (C=O) groups is 2. The molecule has 2 heterocycles. The third-order valence-corrected chi connectivity index (χ3v) is 6.45. The number of nitrogens with zero attached hydrogens (tertiary/aromatic N) is 3. The van der Waals surface area contributed by atoms with Crippen molar-refractivity contribution < 1.29 is 14.3 Å². The molecule has 1 unspecified atom stereocenters. The van der Waals surface area contributed by atoms with Crippen LogP contribution in [0.3, 0.4) is 0 Å². The summed E-state index contributed by atoms with van der Waals surface area (Å²) in [6.07, 6.45) is 0.882. The van der Waals surface area contributed by atoms with Crippen LogP contribution < -0.4 is 10.6 Å². The van der Waals surface area contributed by atoms with Gasteiger partial charge < -0.3 is 20.3 Å². The molecule has 1 atom stereocenters. The summed E-state index contributed by atoms with van der Waals surface area (Å²) in [4.78, 5) is 31.6. The molecular weight excluding hydrogens is 406 g/mol. The summed E-state index contributed by atoms with van der Waals surface area (Å²) in [5, 5.41) is 6.17. The Kier molecular flexibility index (Phi) is 9.32. The summed E-state index contributed by atoms with van der Waals surface area (Å²) in [7, 11) is 0. The van der Waals surface area contributed by atoms with Gasteiger partial charge in [-0.15, -0.1) is 0 Å². The van der Waals surface area contributed by atoms with Crippen LogP contribution in [-0.2, 0) is 16.0 Å². The van der Waals surface area contributed by atoms with Crippen molar-refractivity contribution in [2.75, 3.05) is 70.9 Å². The average Bonchev–Trinajstić information content (AvgIpc) is 2.80. The number of urea groups is 1. The van der Waals surface area contributed by atoms with Crippen molar-refractivity contribution in [1.82, 2.24) is 20.0 Å². The molecular formula is C24H39N5O3. The number of nitrogens with one attached hydrogen (secondary N) is 2. The van der Waals surface area contributed by atoms with Crippen LogP contribution in [0.25, 0.3) is 0 Å². The molecule has 0 aliphatic carbocycles. The number of rotatable bonds is 8. The molecule has 2 N–H and O–H groups in total. The summed E-state index contributed by atoms with van der Waals surface area (Å²) in [6, 6.07) is 8.22. The van der Waals surface area contributed by atoms with Crippen molar-refractivity contribution in [3.8, 4) is 0 Å². The number of piperazine rings is 1. The second kappa shape index (κ2) is 12.2. The molecule has 32 heavy (non-hydrogen) atoms. The van der Waals surface area contributed by atoms with Crippen LogP contribution >= 0.6 is 0 Å². The van der Waals surface area contributed by atoms with Crippen LogP contribution in [-0.4, -0.2) is 98.3 Å². The lowest BCUT2D eigenvalue weighted by Crippen LogP contribution is -2.56. The van der Waals surface area contributed by atoms with Crippen LogP contribution in [0.4, 0.5) is 10.5 Å². The molecule has 1 aromatic carbocycles. The number of amides is 3. The maximum absolute atomic E-state index is 12.7. The number of aryl methyl sites for hydroxylation is 1. The number of carbonyl (C=O) groups excluding carboxylic acids is 2. The van der Waals surface area contributed by atoms with Gasteiger partial charge in [-0.1, -0.05) is 39.0 Å². The maximum atomic E-state index is 12.7. The van der Waals surface area contributed by atoms with Gasteiger partial charge in [-0.05, 0) is 24.0 Å². The van der Waals surface area contributed by atoms with E-state index >= 15 is 0 Å². The molecule has 0 bridgehead atoms. The zero-order chi connectivity index (χ0) is 22.9. The number of morpholine rings is 1. The van der Waals surface area contributed by atoms with Crippen LogP contribution in [0.1, 0.15) is 26.3 Å². The molecule has 3 rings (SSSR count). The van der Waals surface area contributed by atoms with Gasteiger partial charge >= 0.3 is 6.03 Å². The highest BCUT2D eigenvalue weighted by Crippen LogP contribution is 2.16. The molecule has 0 radical (unpaired) electrons. The molecule has 8 nitrogen and oxygen atoms in total. The second-order valence-electron chi connectivity index (χ2n) is 8.97. The number of ether oxygens (including phenoxy) is 1. The molecule has 3 amide bonds. The minimum atomic E-state index is -0.00937. The zero-order valence-corrected chi connectivity index (χ0v) is 19.8. The van der Waals surface area contributed by atoms with Crippen LogP contribution in [0, 0.1) is 5.92 Å². The van der Waals surface area contributed by atoms with E-state index in [-0.39, 0.29) is 11.9 Å². The third kappa shape index (κ3) is 6.92. The van der Waals surface area contributed by atoms with Gasteiger partial charge in [0.2, 0.25) is 5.91 Å². The highest BCUT2D eigenvalue weighted by molar-refractivity contribution is 5.93. The first kappa shape index (κ1) is 24.5. The van der Waals surface area contributed by atoms with Crippen molar-refractivity contribution in [3.05, 3.63) is 29.8 Å². The van der Waals surface area contributed by atoms with Gasteiger partial charge in [0.15, 0.2) is 0 Å². The summed E-state index contributed by atoms with van der Waals surface area (Å²) < 4.78 is 5.46. The summed E-state index contributed by atoms with van der Waals surface area (Å²) >= 11 is 0. The van der Waals surface area contributed by atoms with Gasteiger partial charge in [-0.2, -0.15) is 0 Å². The molecule has 8 heteroatoms. The molecule has 0 aromatic heterocycles. The van der Waals surface area contributed by atoms with E-state index in [1.807, 2.05) is 29.2 Å². The van der Waals surface area contributed by atoms with E-state index in [0.29, 0.717) is 51.2 Å². The second-order valence-corrected chi connectivity index (χ2v) is 8.97.